The Kier molecular flexibility index (Phi) is 5.29. The summed E-state index contributed by atoms with van der Waals surface area (Å²) in [6.45, 7) is 16.9. The van der Waals surface area contributed by atoms with Crippen molar-refractivity contribution < 1.29 is 14.3 Å². The lowest BCUT2D eigenvalue weighted by Crippen LogP contribution is -2.47. The maximum absolute atomic E-state index is 12.5. The van der Waals surface area contributed by atoms with E-state index in [1.54, 1.807) is 0 Å². The first kappa shape index (κ1) is 17.5. The number of ether oxygens (including phenoxy) is 2. The normalized spacial score (nSPS) is 20.1. The summed E-state index contributed by atoms with van der Waals surface area (Å²) in [6.07, 6.45) is 1.85. The Labute approximate surface area is 124 Å². The summed E-state index contributed by atoms with van der Waals surface area (Å²) < 4.78 is 10.9. The van der Waals surface area contributed by atoms with Crippen LogP contribution < -0.4 is 0 Å². The van der Waals surface area contributed by atoms with Gasteiger partial charge in [0.1, 0.15) is 6.61 Å². The van der Waals surface area contributed by atoms with Crippen molar-refractivity contribution in [1.29, 1.82) is 0 Å². The third kappa shape index (κ3) is 4.76. The molecule has 0 aromatic heterocycles. The zero-order chi connectivity index (χ0) is 15.6. The first-order valence-corrected chi connectivity index (χ1v) is 7.73. The number of esters is 1. The average molecular weight is 284 g/mol. The van der Waals surface area contributed by atoms with Crippen molar-refractivity contribution in [3.63, 3.8) is 0 Å². The number of hydrogen-bond donors (Lipinski definition) is 0. The molecule has 1 aliphatic heterocycles. The van der Waals surface area contributed by atoms with Crippen molar-refractivity contribution in [3.05, 3.63) is 0 Å². The molecule has 1 fully saturated rings. The first-order valence-electron chi connectivity index (χ1n) is 7.73. The average Bonchev–Trinajstić information content (AvgIpc) is 2.22. The highest BCUT2D eigenvalue weighted by Gasteiger charge is 2.41. The van der Waals surface area contributed by atoms with Gasteiger partial charge in [0.05, 0.1) is 24.5 Å². The third-order valence-electron chi connectivity index (χ3n) is 4.23. The Balaban J connectivity index is 2.64. The van der Waals surface area contributed by atoms with Crippen LogP contribution in [0.1, 0.15) is 61.3 Å². The van der Waals surface area contributed by atoms with Crippen LogP contribution >= 0.6 is 0 Å². The van der Waals surface area contributed by atoms with Gasteiger partial charge in [0, 0.05) is 0 Å². The summed E-state index contributed by atoms with van der Waals surface area (Å²) in [7, 11) is 0. The second-order valence-corrected chi connectivity index (χ2v) is 8.64. The molecule has 0 saturated carbocycles. The van der Waals surface area contributed by atoms with Crippen LogP contribution in [0.25, 0.3) is 0 Å². The van der Waals surface area contributed by atoms with E-state index >= 15 is 0 Å². The van der Waals surface area contributed by atoms with E-state index in [0.29, 0.717) is 6.61 Å². The molecule has 0 aromatic carbocycles. The first-order chi connectivity index (χ1) is 8.99. The van der Waals surface area contributed by atoms with Crippen molar-refractivity contribution in [1.82, 2.24) is 0 Å². The lowest BCUT2D eigenvalue weighted by atomic mass is 9.72. The predicted octanol–water partition coefficient (Wildman–Crippen LogP) is 4.05. The van der Waals surface area contributed by atoms with Crippen molar-refractivity contribution in [3.8, 4) is 0 Å². The minimum atomic E-state index is -0.0696. The minimum absolute atomic E-state index is 0.0489. The molecule has 3 nitrogen and oxygen atoms in total. The Morgan fingerprint density at radius 1 is 1.20 bits per heavy atom. The molecule has 1 atom stereocenters. The molecular weight excluding hydrogens is 252 g/mol. The van der Waals surface area contributed by atoms with E-state index in [1.165, 1.54) is 0 Å². The molecule has 1 saturated heterocycles. The standard InChI is InChI=1S/C17H32O3/c1-8-17(10-19-11-17)12-20-14(18)13(16(5,6)7)9-15(2,3)4/h13H,8-12H2,1-7H3. The summed E-state index contributed by atoms with van der Waals surface area (Å²) in [5, 5.41) is 0. The van der Waals surface area contributed by atoms with Gasteiger partial charge >= 0.3 is 5.97 Å². The van der Waals surface area contributed by atoms with E-state index in [-0.39, 0.29) is 28.1 Å². The number of carbonyl (C=O) groups excluding carboxylic acids is 1. The largest absolute Gasteiger partial charge is 0.465 e. The van der Waals surface area contributed by atoms with Gasteiger partial charge in [0.2, 0.25) is 0 Å². The summed E-state index contributed by atoms with van der Waals surface area (Å²) in [6, 6.07) is 0. The molecule has 0 aliphatic carbocycles. The molecule has 0 amide bonds. The predicted molar refractivity (Wildman–Crippen MR) is 81.5 cm³/mol. The molecule has 118 valence electrons. The summed E-state index contributed by atoms with van der Waals surface area (Å²) in [4.78, 5) is 12.5. The van der Waals surface area contributed by atoms with Gasteiger partial charge in [-0.2, -0.15) is 0 Å². The molecule has 1 heterocycles. The molecule has 0 radical (unpaired) electrons. The molecule has 3 heteroatoms. The Bertz CT molecular complexity index is 324. The van der Waals surface area contributed by atoms with Crippen molar-refractivity contribution >= 4 is 5.97 Å². The number of carbonyl (C=O) groups is 1. The highest BCUT2D eigenvalue weighted by atomic mass is 16.5. The van der Waals surface area contributed by atoms with Crippen LogP contribution in [0.4, 0.5) is 0 Å². The van der Waals surface area contributed by atoms with E-state index in [4.69, 9.17) is 9.47 Å². The van der Waals surface area contributed by atoms with Gasteiger partial charge < -0.3 is 9.47 Å². The van der Waals surface area contributed by atoms with E-state index in [1.807, 2.05) is 0 Å². The zero-order valence-corrected chi connectivity index (χ0v) is 14.3. The van der Waals surface area contributed by atoms with Crippen molar-refractivity contribution in [2.24, 2.45) is 22.2 Å². The fourth-order valence-electron chi connectivity index (χ4n) is 2.46. The SMILES string of the molecule is CCC1(COC(=O)C(CC(C)(C)C)C(C)(C)C)COC1. The van der Waals surface area contributed by atoms with Crippen LogP contribution in [0.15, 0.2) is 0 Å². The minimum Gasteiger partial charge on any atom is -0.465 e. The molecule has 0 spiro atoms. The Morgan fingerprint density at radius 2 is 1.75 bits per heavy atom. The van der Waals surface area contributed by atoms with Gasteiger partial charge in [-0.1, -0.05) is 48.5 Å². The Morgan fingerprint density at radius 3 is 2.05 bits per heavy atom. The van der Waals surface area contributed by atoms with Crippen LogP contribution in [-0.4, -0.2) is 25.8 Å². The molecular formula is C17H32O3. The molecule has 0 N–H and O–H groups in total. The second-order valence-electron chi connectivity index (χ2n) is 8.64. The molecule has 0 bridgehead atoms. The van der Waals surface area contributed by atoms with Gasteiger partial charge in [-0.25, -0.2) is 0 Å². The molecule has 0 aromatic rings. The number of rotatable bonds is 5. The number of hydrogen-bond acceptors (Lipinski definition) is 3. The van der Waals surface area contributed by atoms with Gasteiger partial charge in [0.25, 0.3) is 0 Å². The second kappa shape index (κ2) is 6.05. The molecule has 20 heavy (non-hydrogen) atoms. The Hall–Kier alpha value is -0.570. The lowest BCUT2D eigenvalue weighted by Gasteiger charge is -2.41. The van der Waals surface area contributed by atoms with Crippen LogP contribution in [0, 0.1) is 22.2 Å². The third-order valence-corrected chi connectivity index (χ3v) is 4.23. The highest BCUT2D eigenvalue weighted by molar-refractivity contribution is 5.73. The monoisotopic (exact) mass is 284 g/mol. The lowest BCUT2D eigenvalue weighted by molar-refractivity contribution is -0.177. The van der Waals surface area contributed by atoms with Crippen LogP contribution in [0.3, 0.4) is 0 Å². The molecule has 1 rings (SSSR count). The topological polar surface area (TPSA) is 35.5 Å². The van der Waals surface area contributed by atoms with Crippen molar-refractivity contribution in [2.45, 2.75) is 61.3 Å². The van der Waals surface area contributed by atoms with E-state index in [9.17, 15) is 4.79 Å². The molecule has 1 aliphatic rings. The van der Waals surface area contributed by atoms with Crippen molar-refractivity contribution in [2.75, 3.05) is 19.8 Å². The van der Waals surface area contributed by atoms with Crippen LogP contribution in [0.2, 0.25) is 0 Å². The van der Waals surface area contributed by atoms with Gasteiger partial charge in [0.15, 0.2) is 0 Å². The summed E-state index contributed by atoms with van der Waals surface area (Å²) in [5.41, 5.74) is 0.124. The highest BCUT2D eigenvalue weighted by Crippen LogP contribution is 2.38. The van der Waals surface area contributed by atoms with E-state index in [0.717, 1.165) is 26.1 Å². The van der Waals surface area contributed by atoms with E-state index in [2.05, 4.69) is 48.5 Å². The maximum Gasteiger partial charge on any atom is 0.309 e. The fraction of sp³-hybridized carbons (Fsp3) is 0.941. The van der Waals surface area contributed by atoms with Crippen LogP contribution in [-0.2, 0) is 14.3 Å². The maximum atomic E-state index is 12.5. The molecule has 1 unspecified atom stereocenters. The summed E-state index contributed by atoms with van der Waals surface area (Å²) >= 11 is 0. The van der Waals surface area contributed by atoms with E-state index < -0.39 is 0 Å². The fourth-order valence-corrected chi connectivity index (χ4v) is 2.46. The van der Waals surface area contributed by atoms with Crippen LogP contribution in [0.5, 0.6) is 0 Å². The quantitative estimate of drug-likeness (QED) is 0.714. The van der Waals surface area contributed by atoms with Gasteiger partial charge in [-0.3, -0.25) is 4.79 Å². The summed E-state index contributed by atoms with van der Waals surface area (Å²) in [5.74, 6) is -0.107. The van der Waals surface area contributed by atoms with Gasteiger partial charge in [-0.05, 0) is 23.7 Å². The van der Waals surface area contributed by atoms with Gasteiger partial charge in [-0.15, -0.1) is 0 Å². The zero-order valence-electron chi connectivity index (χ0n) is 14.3. The smallest absolute Gasteiger partial charge is 0.309 e.